The number of hydrogen-bond donors (Lipinski definition) is 3. The number of sulfonamides is 1. The number of aromatic amines is 1. The van der Waals surface area contributed by atoms with Crippen LogP contribution in [0.5, 0.6) is 0 Å². The molecule has 8 heteroatoms. The van der Waals surface area contributed by atoms with Crippen LogP contribution in [-0.4, -0.2) is 35.2 Å². The molecule has 0 unspecified atom stereocenters. The average molecular weight is 283 g/mol. The number of anilines is 1. The number of H-pyrrole nitrogens is 1. The second kappa shape index (κ2) is 5.27. The summed E-state index contributed by atoms with van der Waals surface area (Å²) in [4.78, 5) is 17.2. The smallest absolute Gasteiger partial charge is 0.303 e. The fraction of sp³-hybridized carbons (Fsp3) is 0.273. The van der Waals surface area contributed by atoms with Gasteiger partial charge in [-0.3, -0.25) is 9.52 Å². The molecule has 0 aliphatic carbocycles. The lowest BCUT2D eigenvalue weighted by atomic mass is 10.3. The molecule has 19 heavy (non-hydrogen) atoms. The highest BCUT2D eigenvalue weighted by molar-refractivity contribution is 7.92. The number of rotatable bonds is 6. The summed E-state index contributed by atoms with van der Waals surface area (Å²) in [6.45, 7) is 0. The Morgan fingerprint density at radius 1 is 1.37 bits per heavy atom. The van der Waals surface area contributed by atoms with Gasteiger partial charge in [0.1, 0.15) is 0 Å². The van der Waals surface area contributed by atoms with E-state index in [1.165, 1.54) is 0 Å². The molecule has 0 aliphatic rings. The maximum Gasteiger partial charge on any atom is 0.303 e. The summed E-state index contributed by atoms with van der Waals surface area (Å²) in [5.41, 5.74) is 1.39. The number of fused-ring (bicyclic) bond motifs is 1. The van der Waals surface area contributed by atoms with Gasteiger partial charge >= 0.3 is 5.97 Å². The van der Waals surface area contributed by atoms with Crippen LogP contribution in [0.25, 0.3) is 11.0 Å². The summed E-state index contributed by atoms with van der Waals surface area (Å²) in [5, 5.41) is 8.46. The minimum Gasteiger partial charge on any atom is -0.481 e. The average Bonchev–Trinajstić information content (AvgIpc) is 2.68. The number of nitrogens with zero attached hydrogens (tertiary/aromatic N) is 1. The Balaban J connectivity index is 2.05. The van der Waals surface area contributed by atoms with Gasteiger partial charge in [0.2, 0.25) is 16.0 Å². The zero-order valence-electron chi connectivity index (χ0n) is 9.96. The van der Waals surface area contributed by atoms with Crippen LogP contribution in [0.3, 0.4) is 0 Å². The number of imidazole rings is 1. The molecule has 0 saturated heterocycles. The summed E-state index contributed by atoms with van der Waals surface area (Å²) in [6.07, 6.45) is -0.119. The number of aliphatic carboxylic acids is 1. The second-order valence-electron chi connectivity index (χ2n) is 4.02. The number of carbonyl (C=O) groups is 1. The maximum atomic E-state index is 11.7. The van der Waals surface area contributed by atoms with Crippen molar-refractivity contribution in [3.05, 3.63) is 24.3 Å². The van der Waals surface area contributed by atoms with E-state index in [0.717, 1.165) is 5.52 Å². The molecule has 0 spiro atoms. The van der Waals surface area contributed by atoms with Gasteiger partial charge in [-0.05, 0) is 18.6 Å². The molecule has 0 bridgehead atoms. The molecule has 0 aliphatic heterocycles. The van der Waals surface area contributed by atoms with E-state index in [0.29, 0.717) is 5.52 Å². The molecule has 2 rings (SSSR count). The van der Waals surface area contributed by atoms with Crippen molar-refractivity contribution < 1.29 is 18.3 Å². The van der Waals surface area contributed by atoms with Gasteiger partial charge < -0.3 is 10.1 Å². The lowest BCUT2D eigenvalue weighted by molar-refractivity contribution is -0.137. The van der Waals surface area contributed by atoms with Crippen molar-refractivity contribution in [1.29, 1.82) is 0 Å². The highest BCUT2D eigenvalue weighted by atomic mass is 32.2. The highest BCUT2D eigenvalue weighted by Crippen LogP contribution is 2.14. The molecular weight excluding hydrogens is 270 g/mol. The molecule has 1 heterocycles. The Kier molecular flexibility index (Phi) is 3.70. The standard InChI is InChI=1S/C11H13N3O4S/c15-10(16)6-3-7-19(17,18)14-11-12-8-4-1-2-5-9(8)13-11/h1-2,4-5H,3,6-7H2,(H,15,16)(H2,12,13,14). The molecule has 3 N–H and O–H groups in total. The normalized spacial score (nSPS) is 11.6. The quantitative estimate of drug-likeness (QED) is 0.736. The van der Waals surface area contributed by atoms with Crippen LogP contribution < -0.4 is 4.72 Å². The van der Waals surface area contributed by atoms with Gasteiger partial charge in [-0.15, -0.1) is 0 Å². The van der Waals surface area contributed by atoms with Crippen LogP contribution in [0.4, 0.5) is 5.95 Å². The monoisotopic (exact) mass is 283 g/mol. The lowest BCUT2D eigenvalue weighted by Gasteiger charge is -2.03. The summed E-state index contributed by atoms with van der Waals surface area (Å²) in [5.74, 6) is -1.13. The molecule has 0 atom stereocenters. The number of benzene rings is 1. The molecular formula is C11H13N3O4S. The molecule has 1 aromatic carbocycles. The van der Waals surface area contributed by atoms with Crippen LogP contribution >= 0.6 is 0 Å². The molecule has 0 radical (unpaired) electrons. The fourth-order valence-electron chi connectivity index (χ4n) is 1.61. The van der Waals surface area contributed by atoms with Crippen molar-refractivity contribution in [2.45, 2.75) is 12.8 Å². The molecule has 0 fully saturated rings. The predicted octanol–water partition coefficient (Wildman–Crippen LogP) is 1.17. The van der Waals surface area contributed by atoms with Crippen LogP contribution in [0.1, 0.15) is 12.8 Å². The molecule has 102 valence electrons. The Morgan fingerprint density at radius 2 is 2.11 bits per heavy atom. The van der Waals surface area contributed by atoms with E-state index in [1.54, 1.807) is 18.2 Å². The van der Waals surface area contributed by atoms with Crippen LogP contribution in [0.2, 0.25) is 0 Å². The number of nitrogens with one attached hydrogen (secondary N) is 2. The summed E-state index contributed by atoms with van der Waals surface area (Å²) < 4.78 is 25.7. The Hall–Kier alpha value is -2.09. The van der Waals surface area contributed by atoms with Gasteiger partial charge in [-0.1, -0.05) is 12.1 Å². The first kappa shape index (κ1) is 13.3. The van der Waals surface area contributed by atoms with Crippen molar-refractivity contribution in [1.82, 2.24) is 9.97 Å². The van der Waals surface area contributed by atoms with Crippen LogP contribution in [-0.2, 0) is 14.8 Å². The zero-order chi connectivity index (χ0) is 13.9. The number of carboxylic acids is 1. The Morgan fingerprint density at radius 3 is 2.79 bits per heavy atom. The first-order valence-corrected chi connectivity index (χ1v) is 7.28. The third-order valence-electron chi connectivity index (χ3n) is 2.45. The van der Waals surface area contributed by atoms with Crippen molar-refractivity contribution >= 4 is 33.0 Å². The number of carboxylic acid groups (broad SMARTS) is 1. The van der Waals surface area contributed by atoms with Gasteiger partial charge in [-0.25, -0.2) is 13.4 Å². The van der Waals surface area contributed by atoms with E-state index in [-0.39, 0.29) is 24.5 Å². The van der Waals surface area contributed by atoms with Crippen molar-refractivity contribution in [3.63, 3.8) is 0 Å². The molecule has 0 saturated carbocycles. The van der Waals surface area contributed by atoms with Crippen molar-refractivity contribution in [2.75, 3.05) is 10.5 Å². The highest BCUT2D eigenvalue weighted by Gasteiger charge is 2.13. The number of aromatic nitrogens is 2. The molecule has 2 aromatic rings. The first-order valence-electron chi connectivity index (χ1n) is 5.63. The van der Waals surface area contributed by atoms with Gasteiger partial charge in [0.05, 0.1) is 16.8 Å². The van der Waals surface area contributed by atoms with E-state index >= 15 is 0 Å². The SMILES string of the molecule is O=C(O)CCCS(=O)(=O)Nc1nc2ccccc2[nH]1. The fourth-order valence-corrected chi connectivity index (χ4v) is 2.63. The van der Waals surface area contributed by atoms with Crippen LogP contribution in [0.15, 0.2) is 24.3 Å². The second-order valence-corrected chi connectivity index (χ2v) is 5.86. The maximum absolute atomic E-state index is 11.7. The van der Waals surface area contributed by atoms with E-state index < -0.39 is 16.0 Å². The molecule has 7 nitrogen and oxygen atoms in total. The minimum atomic E-state index is -3.59. The summed E-state index contributed by atoms with van der Waals surface area (Å²) >= 11 is 0. The summed E-state index contributed by atoms with van der Waals surface area (Å²) in [6, 6.07) is 7.15. The van der Waals surface area contributed by atoms with Gasteiger partial charge in [0.15, 0.2) is 0 Å². The summed E-state index contributed by atoms with van der Waals surface area (Å²) in [7, 11) is -3.59. The first-order chi connectivity index (χ1) is 8.96. The van der Waals surface area contributed by atoms with E-state index in [4.69, 9.17) is 5.11 Å². The number of hydrogen-bond acceptors (Lipinski definition) is 4. The van der Waals surface area contributed by atoms with Gasteiger partial charge in [0.25, 0.3) is 0 Å². The van der Waals surface area contributed by atoms with Crippen LogP contribution in [0, 0.1) is 0 Å². The van der Waals surface area contributed by atoms with E-state index in [1.807, 2.05) is 6.07 Å². The lowest BCUT2D eigenvalue weighted by Crippen LogP contribution is -2.18. The molecule has 0 amide bonds. The number of para-hydroxylation sites is 2. The largest absolute Gasteiger partial charge is 0.481 e. The van der Waals surface area contributed by atoms with Gasteiger partial charge in [-0.2, -0.15) is 0 Å². The predicted molar refractivity (Wildman–Crippen MR) is 70.4 cm³/mol. The van der Waals surface area contributed by atoms with Crippen molar-refractivity contribution in [3.8, 4) is 0 Å². The minimum absolute atomic E-state index is 0.0604. The third kappa shape index (κ3) is 3.68. The zero-order valence-corrected chi connectivity index (χ0v) is 10.8. The molecule has 1 aromatic heterocycles. The van der Waals surface area contributed by atoms with E-state index in [2.05, 4.69) is 14.7 Å². The van der Waals surface area contributed by atoms with E-state index in [9.17, 15) is 13.2 Å². The Bertz CT molecular complexity index is 660. The topological polar surface area (TPSA) is 112 Å². The van der Waals surface area contributed by atoms with Gasteiger partial charge in [0, 0.05) is 6.42 Å². The third-order valence-corrected chi connectivity index (χ3v) is 3.78. The Labute approximate surface area is 109 Å². The van der Waals surface area contributed by atoms with Crippen molar-refractivity contribution in [2.24, 2.45) is 0 Å².